The zero-order valence-corrected chi connectivity index (χ0v) is 7.34. The van der Waals surface area contributed by atoms with Crippen LogP contribution in [0.15, 0.2) is 11.1 Å². The number of aliphatic hydroxyl groups excluding tert-OH is 1. The lowest BCUT2D eigenvalue weighted by molar-refractivity contribution is -0.136. The van der Waals surface area contributed by atoms with E-state index in [2.05, 4.69) is 4.74 Å². The van der Waals surface area contributed by atoms with Crippen molar-refractivity contribution < 1.29 is 14.6 Å². The molecule has 0 rings (SSSR count). The molecule has 0 aliphatic rings. The first kappa shape index (κ1) is 10.2. The molecule has 0 bridgehead atoms. The van der Waals surface area contributed by atoms with Crippen LogP contribution in [0.4, 0.5) is 0 Å². The summed E-state index contributed by atoms with van der Waals surface area (Å²) in [5, 5.41) is 9.07. The van der Waals surface area contributed by atoms with Crippen molar-refractivity contribution in [1.82, 2.24) is 0 Å². The molecule has 11 heavy (non-hydrogen) atoms. The number of esters is 1. The number of aliphatic hydroxyl groups is 1. The smallest absolute Gasteiger partial charge is 0.333 e. The molecule has 0 saturated carbocycles. The first-order chi connectivity index (χ1) is 5.00. The molecule has 0 spiro atoms. The Balaban J connectivity index is 4.52. The zero-order chi connectivity index (χ0) is 9.02. The normalized spacial score (nSPS) is 15.4. The maximum Gasteiger partial charge on any atom is 0.333 e. The topological polar surface area (TPSA) is 46.5 Å². The van der Waals surface area contributed by atoms with Gasteiger partial charge < -0.3 is 9.84 Å². The highest BCUT2D eigenvalue weighted by Crippen LogP contribution is 2.08. The average molecular weight is 158 g/mol. The van der Waals surface area contributed by atoms with E-state index >= 15 is 0 Å². The summed E-state index contributed by atoms with van der Waals surface area (Å²) in [5.41, 5.74) is 1.12. The summed E-state index contributed by atoms with van der Waals surface area (Å²) in [5.74, 6) is -0.386. The second-order valence-corrected chi connectivity index (χ2v) is 2.48. The van der Waals surface area contributed by atoms with Gasteiger partial charge in [-0.25, -0.2) is 4.79 Å². The summed E-state index contributed by atoms with van der Waals surface area (Å²) in [6.45, 7) is 4.95. The Morgan fingerprint density at radius 1 is 1.45 bits per heavy atom. The molecule has 0 saturated heterocycles. The monoisotopic (exact) mass is 158 g/mol. The summed E-state index contributed by atoms with van der Waals surface area (Å²) in [7, 11) is 1.32. The third-order valence-corrected chi connectivity index (χ3v) is 1.71. The van der Waals surface area contributed by atoms with E-state index in [1.165, 1.54) is 7.11 Å². The van der Waals surface area contributed by atoms with Crippen molar-refractivity contribution in [3.8, 4) is 0 Å². The Hall–Kier alpha value is -0.830. The van der Waals surface area contributed by atoms with E-state index in [1.807, 2.05) is 0 Å². The minimum absolute atomic E-state index is 0.386. The summed E-state index contributed by atoms with van der Waals surface area (Å²) in [6, 6.07) is 0. The number of carbonyl (C=O) groups is 1. The highest BCUT2D eigenvalue weighted by molar-refractivity contribution is 5.88. The van der Waals surface area contributed by atoms with Crippen LogP contribution in [0.5, 0.6) is 0 Å². The average Bonchev–Trinajstić information content (AvgIpc) is 2.00. The molecule has 1 N–H and O–H groups in total. The van der Waals surface area contributed by atoms with E-state index in [-0.39, 0.29) is 5.97 Å². The van der Waals surface area contributed by atoms with Crippen molar-refractivity contribution in [2.24, 2.45) is 0 Å². The number of ether oxygens (including phenoxy) is 1. The molecule has 0 heterocycles. The fourth-order valence-corrected chi connectivity index (χ4v) is 0.627. The lowest BCUT2D eigenvalue weighted by Crippen LogP contribution is -2.10. The maximum atomic E-state index is 10.9. The molecule has 0 amide bonds. The highest BCUT2D eigenvalue weighted by Gasteiger charge is 2.10. The number of methoxy groups -OCH3 is 1. The van der Waals surface area contributed by atoms with Crippen molar-refractivity contribution in [2.75, 3.05) is 7.11 Å². The third-order valence-electron chi connectivity index (χ3n) is 1.71. The molecule has 0 aromatic rings. The largest absolute Gasteiger partial charge is 0.466 e. The first-order valence-electron chi connectivity index (χ1n) is 3.44. The molecule has 0 fully saturated rings. The molecule has 1 atom stereocenters. The van der Waals surface area contributed by atoms with Gasteiger partial charge in [0.2, 0.25) is 0 Å². The Bertz CT molecular complexity index is 180. The fourth-order valence-electron chi connectivity index (χ4n) is 0.627. The molecule has 0 aromatic carbocycles. The van der Waals surface area contributed by atoms with Crippen molar-refractivity contribution >= 4 is 5.97 Å². The van der Waals surface area contributed by atoms with E-state index in [9.17, 15) is 4.79 Å². The van der Waals surface area contributed by atoms with Crippen molar-refractivity contribution in [3.63, 3.8) is 0 Å². The number of hydrogen-bond acceptors (Lipinski definition) is 3. The molecular weight excluding hydrogens is 144 g/mol. The number of carbonyl (C=O) groups excluding carboxylic acids is 1. The maximum absolute atomic E-state index is 10.9. The van der Waals surface area contributed by atoms with Gasteiger partial charge in [-0.05, 0) is 26.3 Å². The van der Waals surface area contributed by atoms with Crippen LogP contribution >= 0.6 is 0 Å². The molecular formula is C8H14O3. The van der Waals surface area contributed by atoms with Gasteiger partial charge in [0.25, 0.3) is 0 Å². The fraction of sp³-hybridized carbons (Fsp3) is 0.625. The predicted molar refractivity (Wildman–Crippen MR) is 42.1 cm³/mol. The van der Waals surface area contributed by atoms with Crippen LogP contribution in [0.2, 0.25) is 0 Å². The zero-order valence-electron chi connectivity index (χ0n) is 7.34. The van der Waals surface area contributed by atoms with Gasteiger partial charge in [0.05, 0.1) is 13.2 Å². The standard InChI is InChI=1S/C8H14O3/c1-5(7(3)9)6(2)8(10)11-4/h7,9H,1-4H3. The van der Waals surface area contributed by atoms with Crippen LogP contribution in [0.3, 0.4) is 0 Å². The van der Waals surface area contributed by atoms with Crippen LogP contribution in [-0.4, -0.2) is 24.3 Å². The molecule has 64 valence electrons. The van der Waals surface area contributed by atoms with E-state index in [0.29, 0.717) is 11.1 Å². The Kier molecular flexibility index (Phi) is 3.82. The molecule has 0 aliphatic heterocycles. The van der Waals surface area contributed by atoms with Crippen LogP contribution < -0.4 is 0 Å². The number of rotatable bonds is 2. The second kappa shape index (κ2) is 4.13. The van der Waals surface area contributed by atoms with Crippen LogP contribution in [-0.2, 0) is 9.53 Å². The van der Waals surface area contributed by atoms with Gasteiger partial charge in [-0.1, -0.05) is 0 Å². The predicted octanol–water partition coefficient (Wildman–Crippen LogP) is 0.877. The van der Waals surface area contributed by atoms with Crippen LogP contribution in [0.25, 0.3) is 0 Å². The van der Waals surface area contributed by atoms with Gasteiger partial charge in [0.1, 0.15) is 0 Å². The Morgan fingerprint density at radius 2 is 1.91 bits per heavy atom. The summed E-state index contributed by atoms with van der Waals surface area (Å²) < 4.78 is 4.48. The minimum Gasteiger partial charge on any atom is -0.466 e. The summed E-state index contributed by atoms with van der Waals surface area (Å²) in [6.07, 6.45) is -0.589. The van der Waals surface area contributed by atoms with E-state index in [4.69, 9.17) is 5.11 Å². The first-order valence-corrected chi connectivity index (χ1v) is 3.44. The van der Waals surface area contributed by atoms with Gasteiger partial charge in [-0.2, -0.15) is 0 Å². The summed E-state index contributed by atoms with van der Waals surface area (Å²) >= 11 is 0. The van der Waals surface area contributed by atoms with Gasteiger partial charge in [-0.15, -0.1) is 0 Å². The van der Waals surface area contributed by atoms with Crippen LogP contribution in [0, 0.1) is 0 Å². The SMILES string of the molecule is COC(=O)C(C)=C(C)C(C)O. The summed E-state index contributed by atoms with van der Waals surface area (Å²) in [4.78, 5) is 10.9. The van der Waals surface area contributed by atoms with E-state index in [0.717, 1.165) is 0 Å². The Labute approximate surface area is 66.7 Å². The molecule has 3 heteroatoms. The quantitative estimate of drug-likeness (QED) is 0.479. The van der Waals surface area contributed by atoms with E-state index < -0.39 is 6.10 Å². The van der Waals surface area contributed by atoms with Crippen molar-refractivity contribution in [2.45, 2.75) is 26.9 Å². The molecule has 0 aliphatic carbocycles. The molecule has 1 unspecified atom stereocenters. The van der Waals surface area contributed by atoms with Crippen molar-refractivity contribution in [1.29, 1.82) is 0 Å². The Morgan fingerprint density at radius 3 is 2.18 bits per heavy atom. The third kappa shape index (κ3) is 2.72. The van der Waals surface area contributed by atoms with Gasteiger partial charge in [-0.3, -0.25) is 0 Å². The lowest BCUT2D eigenvalue weighted by Gasteiger charge is -2.07. The van der Waals surface area contributed by atoms with Crippen LogP contribution in [0.1, 0.15) is 20.8 Å². The van der Waals surface area contributed by atoms with Gasteiger partial charge in [0.15, 0.2) is 0 Å². The highest BCUT2D eigenvalue weighted by atomic mass is 16.5. The van der Waals surface area contributed by atoms with Gasteiger partial charge >= 0.3 is 5.97 Å². The van der Waals surface area contributed by atoms with E-state index in [1.54, 1.807) is 20.8 Å². The second-order valence-electron chi connectivity index (χ2n) is 2.48. The molecule has 0 aromatic heterocycles. The minimum atomic E-state index is -0.589. The lowest BCUT2D eigenvalue weighted by atomic mass is 10.1. The van der Waals surface area contributed by atoms with Crippen molar-refractivity contribution in [3.05, 3.63) is 11.1 Å². The molecule has 0 radical (unpaired) electrons. The molecule has 3 nitrogen and oxygen atoms in total. The number of hydrogen-bond donors (Lipinski definition) is 1. The van der Waals surface area contributed by atoms with Gasteiger partial charge in [0, 0.05) is 5.57 Å².